The molecule has 20 heavy (non-hydrogen) atoms. The highest BCUT2D eigenvalue weighted by molar-refractivity contribution is 5.85. The number of ketones is 1. The van der Waals surface area contributed by atoms with Crippen molar-refractivity contribution < 1.29 is 4.79 Å². The minimum atomic E-state index is -0.335. The molecule has 1 atom stereocenters. The average molecular weight is 269 g/mol. The summed E-state index contributed by atoms with van der Waals surface area (Å²) in [4.78, 5) is 32.5. The Hall–Kier alpha value is -2.57. The van der Waals surface area contributed by atoms with Gasteiger partial charge < -0.3 is 4.57 Å². The third kappa shape index (κ3) is 1.43. The molecule has 0 N–H and O–H groups in total. The van der Waals surface area contributed by atoms with Crippen LogP contribution < -0.4 is 5.56 Å². The Labute approximate surface area is 112 Å². The molecule has 1 unspecified atom stereocenters. The average Bonchev–Trinajstić information content (AvgIpc) is 3.08. The van der Waals surface area contributed by atoms with Crippen molar-refractivity contribution in [2.24, 2.45) is 0 Å². The monoisotopic (exact) mass is 269 g/mol. The van der Waals surface area contributed by atoms with Crippen molar-refractivity contribution in [3.05, 3.63) is 35.1 Å². The van der Waals surface area contributed by atoms with E-state index >= 15 is 0 Å². The maximum absolute atomic E-state index is 12.5. The van der Waals surface area contributed by atoms with Crippen molar-refractivity contribution in [3.63, 3.8) is 0 Å². The Morgan fingerprint density at radius 2 is 2.15 bits per heavy atom. The molecule has 7 heteroatoms. The lowest BCUT2D eigenvalue weighted by atomic mass is 10.2. The zero-order valence-corrected chi connectivity index (χ0v) is 10.6. The molecule has 3 heterocycles. The first-order valence-electron chi connectivity index (χ1n) is 6.48. The molecule has 0 spiro atoms. The van der Waals surface area contributed by atoms with E-state index in [2.05, 4.69) is 15.1 Å². The molecule has 100 valence electrons. The van der Waals surface area contributed by atoms with Crippen molar-refractivity contribution in [2.75, 3.05) is 0 Å². The van der Waals surface area contributed by atoms with Crippen LogP contribution in [-0.2, 0) is 4.79 Å². The molecule has 0 radical (unpaired) electrons. The molecular weight excluding hydrogens is 258 g/mol. The first-order chi connectivity index (χ1) is 9.75. The van der Waals surface area contributed by atoms with Gasteiger partial charge in [-0.3, -0.25) is 9.59 Å². The zero-order chi connectivity index (χ0) is 13.7. The summed E-state index contributed by atoms with van der Waals surface area (Å²) in [6.45, 7) is 0. The number of carbonyl (C=O) groups is 1. The number of pyridine rings is 1. The van der Waals surface area contributed by atoms with Gasteiger partial charge in [0.25, 0.3) is 11.3 Å². The standard InChI is InChI=1S/C13H11N5O2/c19-11-3-1-2-10(11)17-5-4-9-8(12(17)20)6-14-13-15-7-16-18(9)13/h4-7,10H,1-3H2. The lowest BCUT2D eigenvalue weighted by Crippen LogP contribution is -2.27. The smallest absolute Gasteiger partial charge is 0.262 e. The largest absolute Gasteiger partial charge is 0.304 e. The number of Topliss-reactive ketones (excluding diaryl/α,β-unsaturated/α-hetero) is 1. The van der Waals surface area contributed by atoms with Gasteiger partial charge in [-0.25, -0.2) is 4.98 Å². The molecular formula is C13H11N5O2. The first kappa shape index (κ1) is 11.3. The van der Waals surface area contributed by atoms with Gasteiger partial charge >= 0.3 is 0 Å². The lowest BCUT2D eigenvalue weighted by Gasteiger charge is -2.12. The van der Waals surface area contributed by atoms with E-state index in [1.54, 1.807) is 12.3 Å². The van der Waals surface area contributed by atoms with Crippen molar-refractivity contribution >= 4 is 22.5 Å². The van der Waals surface area contributed by atoms with Gasteiger partial charge in [-0.15, -0.1) is 0 Å². The summed E-state index contributed by atoms with van der Waals surface area (Å²) in [5, 5.41) is 4.51. The Kier molecular flexibility index (Phi) is 2.23. The van der Waals surface area contributed by atoms with Gasteiger partial charge in [-0.2, -0.15) is 14.6 Å². The molecule has 1 fully saturated rings. The molecule has 1 saturated carbocycles. The molecule has 1 aliphatic carbocycles. The van der Waals surface area contributed by atoms with Crippen molar-refractivity contribution in [2.45, 2.75) is 25.3 Å². The topological polar surface area (TPSA) is 82.2 Å². The third-order valence-electron chi connectivity index (χ3n) is 3.81. The Balaban J connectivity index is 2.01. The number of carbonyl (C=O) groups excluding carboxylic acids is 1. The second kappa shape index (κ2) is 3.96. The highest BCUT2D eigenvalue weighted by Crippen LogP contribution is 2.25. The summed E-state index contributed by atoms with van der Waals surface area (Å²) in [6, 6.07) is 1.45. The van der Waals surface area contributed by atoms with Gasteiger partial charge in [0.05, 0.1) is 16.9 Å². The summed E-state index contributed by atoms with van der Waals surface area (Å²) in [6.07, 6.45) is 6.68. The van der Waals surface area contributed by atoms with Crippen LogP contribution in [0.4, 0.5) is 0 Å². The minimum absolute atomic E-state index is 0.126. The highest BCUT2D eigenvalue weighted by Gasteiger charge is 2.27. The summed E-state index contributed by atoms with van der Waals surface area (Å²) in [5.74, 6) is 0.577. The van der Waals surface area contributed by atoms with Gasteiger partial charge in [0.2, 0.25) is 0 Å². The molecule has 1 aliphatic rings. The van der Waals surface area contributed by atoms with Crippen LogP contribution in [-0.4, -0.2) is 29.9 Å². The van der Waals surface area contributed by atoms with Crippen LogP contribution in [0.15, 0.2) is 29.6 Å². The van der Waals surface area contributed by atoms with E-state index in [1.807, 2.05) is 0 Å². The van der Waals surface area contributed by atoms with Gasteiger partial charge in [0, 0.05) is 18.8 Å². The van der Waals surface area contributed by atoms with Gasteiger partial charge in [-0.1, -0.05) is 0 Å². The number of hydrogen-bond acceptors (Lipinski definition) is 5. The second-order valence-corrected chi connectivity index (χ2v) is 4.93. The Morgan fingerprint density at radius 3 is 2.95 bits per heavy atom. The van der Waals surface area contributed by atoms with Crippen LogP contribution in [0.1, 0.15) is 25.3 Å². The van der Waals surface area contributed by atoms with Gasteiger partial charge in [-0.05, 0) is 18.9 Å². The highest BCUT2D eigenvalue weighted by atomic mass is 16.1. The first-order valence-corrected chi connectivity index (χ1v) is 6.48. The molecule has 0 amide bonds. The number of fused-ring (bicyclic) bond motifs is 3. The predicted octanol–water partition coefficient (Wildman–Crippen LogP) is 0.733. The molecule has 0 bridgehead atoms. The van der Waals surface area contributed by atoms with Crippen LogP contribution in [0.3, 0.4) is 0 Å². The summed E-state index contributed by atoms with van der Waals surface area (Å²) >= 11 is 0. The van der Waals surface area contributed by atoms with E-state index in [4.69, 9.17) is 0 Å². The fourth-order valence-electron chi connectivity index (χ4n) is 2.82. The molecule has 7 nitrogen and oxygen atoms in total. The van der Waals surface area contributed by atoms with Crippen LogP contribution in [0.25, 0.3) is 16.7 Å². The van der Waals surface area contributed by atoms with Gasteiger partial charge in [0.15, 0.2) is 5.78 Å². The molecule has 4 rings (SSSR count). The maximum Gasteiger partial charge on any atom is 0.262 e. The Morgan fingerprint density at radius 1 is 1.25 bits per heavy atom. The van der Waals surface area contributed by atoms with E-state index in [1.165, 1.54) is 21.6 Å². The van der Waals surface area contributed by atoms with E-state index in [-0.39, 0.29) is 17.4 Å². The predicted molar refractivity (Wildman–Crippen MR) is 70.4 cm³/mol. The number of rotatable bonds is 1. The fourth-order valence-corrected chi connectivity index (χ4v) is 2.82. The second-order valence-electron chi connectivity index (χ2n) is 4.93. The molecule has 0 saturated heterocycles. The zero-order valence-electron chi connectivity index (χ0n) is 10.6. The van der Waals surface area contributed by atoms with Crippen molar-refractivity contribution in [3.8, 4) is 0 Å². The summed E-state index contributed by atoms with van der Waals surface area (Å²) in [5.41, 5.74) is 0.451. The Bertz CT molecular complexity index is 895. The number of hydrogen-bond donors (Lipinski definition) is 0. The van der Waals surface area contributed by atoms with Crippen LogP contribution in [0.2, 0.25) is 0 Å². The van der Waals surface area contributed by atoms with E-state index < -0.39 is 0 Å². The lowest BCUT2D eigenvalue weighted by molar-refractivity contribution is -0.120. The molecule has 3 aromatic heterocycles. The molecule has 3 aromatic rings. The third-order valence-corrected chi connectivity index (χ3v) is 3.81. The summed E-state index contributed by atoms with van der Waals surface area (Å²) in [7, 11) is 0. The fraction of sp³-hybridized carbons (Fsp3) is 0.308. The molecule has 0 aliphatic heterocycles. The van der Waals surface area contributed by atoms with Crippen molar-refractivity contribution in [1.82, 2.24) is 24.1 Å². The quantitative estimate of drug-likeness (QED) is 0.650. The van der Waals surface area contributed by atoms with E-state index in [9.17, 15) is 9.59 Å². The van der Waals surface area contributed by atoms with Gasteiger partial charge in [0.1, 0.15) is 6.33 Å². The van der Waals surface area contributed by atoms with Crippen molar-refractivity contribution in [1.29, 1.82) is 0 Å². The maximum atomic E-state index is 12.5. The molecule has 0 aromatic carbocycles. The normalized spacial score (nSPS) is 19.2. The SMILES string of the molecule is O=C1CCCC1n1ccc2c(cnc3ncnn32)c1=O. The van der Waals surface area contributed by atoms with Crippen LogP contribution in [0.5, 0.6) is 0 Å². The van der Waals surface area contributed by atoms with Crippen LogP contribution in [0, 0.1) is 0 Å². The summed E-state index contributed by atoms with van der Waals surface area (Å²) < 4.78 is 3.04. The number of nitrogens with zero attached hydrogens (tertiary/aromatic N) is 5. The van der Waals surface area contributed by atoms with Crippen LogP contribution >= 0.6 is 0 Å². The number of aromatic nitrogens is 5. The van der Waals surface area contributed by atoms with E-state index in [0.717, 1.165) is 12.8 Å². The minimum Gasteiger partial charge on any atom is -0.304 e. The van der Waals surface area contributed by atoms with E-state index in [0.29, 0.717) is 23.1 Å².